The molecule has 2 saturated heterocycles. The van der Waals surface area contributed by atoms with Gasteiger partial charge < -0.3 is 35.0 Å². The van der Waals surface area contributed by atoms with Crippen LogP contribution in [0.3, 0.4) is 0 Å². The van der Waals surface area contributed by atoms with Crippen LogP contribution in [0.1, 0.15) is 33.2 Å². The van der Waals surface area contributed by atoms with Crippen molar-refractivity contribution in [2.45, 2.75) is 13.0 Å². The zero-order valence-electron chi connectivity index (χ0n) is 24.6. The fourth-order valence-electron chi connectivity index (χ4n) is 5.64. The Morgan fingerprint density at radius 3 is 2.07 bits per heavy atom. The lowest BCUT2D eigenvalue weighted by Crippen LogP contribution is -2.40. The van der Waals surface area contributed by atoms with Crippen LogP contribution in [0.25, 0.3) is 5.69 Å². The topological polar surface area (TPSA) is 172 Å². The number of ether oxygens (including phenoxy) is 2. The van der Waals surface area contributed by atoms with E-state index in [2.05, 4.69) is 25.8 Å². The zero-order chi connectivity index (χ0) is 30.9. The van der Waals surface area contributed by atoms with E-state index in [0.29, 0.717) is 76.3 Å². The number of benzene rings is 2. The third kappa shape index (κ3) is 5.82. The van der Waals surface area contributed by atoms with E-state index in [1.807, 2.05) is 31.2 Å². The molecule has 15 heteroatoms. The summed E-state index contributed by atoms with van der Waals surface area (Å²) in [7, 11) is 0. The van der Waals surface area contributed by atoms with Gasteiger partial charge in [0.15, 0.2) is 0 Å². The molecular formula is C30H32N10O5. The minimum Gasteiger partial charge on any atom is -0.478 e. The highest BCUT2D eigenvalue weighted by Gasteiger charge is 2.32. The van der Waals surface area contributed by atoms with E-state index in [9.17, 15) is 14.7 Å². The number of aromatic nitrogens is 5. The van der Waals surface area contributed by atoms with Crippen LogP contribution >= 0.6 is 0 Å². The second-order valence-electron chi connectivity index (χ2n) is 10.8. The summed E-state index contributed by atoms with van der Waals surface area (Å²) in [5.41, 5.74) is 3.96. The molecule has 5 heterocycles. The van der Waals surface area contributed by atoms with E-state index in [1.54, 1.807) is 16.8 Å². The Labute approximate surface area is 258 Å². The third-order valence-electron chi connectivity index (χ3n) is 7.96. The molecule has 7 rings (SSSR count). The van der Waals surface area contributed by atoms with Crippen molar-refractivity contribution in [2.75, 3.05) is 73.0 Å². The first kappa shape index (κ1) is 28.5. The average Bonchev–Trinajstić information content (AvgIpc) is 3.41. The predicted molar refractivity (Wildman–Crippen MR) is 165 cm³/mol. The second-order valence-corrected chi connectivity index (χ2v) is 10.8. The van der Waals surface area contributed by atoms with Gasteiger partial charge in [0.05, 0.1) is 49.4 Å². The highest BCUT2D eigenvalue weighted by atomic mass is 16.5. The van der Waals surface area contributed by atoms with Crippen molar-refractivity contribution >= 4 is 41.4 Å². The maximum absolute atomic E-state index is 12.7. The first-order chi connectivity index (χ1) is 21.9. The van der Waals surface area contributed by atoms with Crippen LogP contribution in [0.4, 0.5) is 34.1 Å². The monoisotopic (exact) mass is 612 g/mol. The molecule has 0 radical (unpaired) electrons. The molecule has 0 saturated carbocycles. The van der Waals surface area contributed by atoms with E-state index in [0.717, 1.165) is 28.2 Å². The molecule has 0 aliphatic carbocycles. The predicted octanol–water partition coefficient (Wildman–Crippen LogP) is 2.71. The summed E-state index contributed by atoms with van der Waals surface area (Å²) in [6, 6.07) is 13.2. The molecule has 2 aromatic carbocycles. The Bertz CT molecular complexity index is 1680. The average molecular weight is 613 g/mol. The SMILES string of the molecule is Cc1nn(-c2ccc(Nc3nc(N4CCOCC4)nc(N4CCOCC4)n3)cc2)c2c1C(c1ccc(C(=O)O)cc1)NC(=O)N2. The Kier molecular flexibility index (Phi) is 7.61. The molecule has 4 N–H and O–H groups in total. The first-order valence-electron chi connectivity index (χ1n) is 14.7. The Morgan fingerprint density at radius 2 is 1.49 bits per heavy atom. The minimum atomic E-state index is -1.01. The summed E-state index contributed by atoms with van der Waals surface area (Å²) in [6.07, 6.45) is 0. The molecule has 45 heavy (non-hydrogen) atoms. The molecule has 2 amide bonds. The van der Waals surface area contributed by atoms with E-state index in [4.69, 9.17) is 29.5 Å². The zero-order valence-corrected chi connectivity index (χ0v) is 24.6. The molecule has 2 aromatic heterocycles. The number of carbonyl (C=O) groups excluding carboxylic acids is 1. The van der Waals surface area contributed by atoms with Crippen LogP contribution in [0.15, 0.2) is 48.5 Å². The van der Waals surface area contributed by atoms with E-state index in [1.165, 1.54) is 12.1 Å². The number of amides is 2. The van der Waals surface area contributed by atoms with Gasteiger partial charge in [0.2, 0.25) is 17.8 Å². The van der Waals surface area contributed by atoms with Gasteiger partial charge in [0.1, 0.15) is 5.82 Å². The maximum Gasteiger partial charge on any atom is 0.335 e. The molecule has 2 fully saturated rings. The minimum absolute atomic E-state index is 0.173. The summed E-state index contributed by atoms with van der Waals surface area (Å²) in [5, 5.41) is 23.2. The van der Waals surface area contributed by atoms with Gasteiger partial charge in [-0.1, -0.05) is 12.1 Å². The molecule has 232 valence electrons. The van der Waals surface area contributed by atoms with E-state index < -0.39 is 12.0 Å². The van der Waals surface area contributed by atoms with Crippen molar-refractivity contribution in [3.8, 4) is 5.69 Å². The lowest BCUT2D eigenvalue weighted by molar-refractivity contribution is 0.0696. The molecule has 15 nitrogen and oxygen atoms in total. The number of anilines is 5. The Morgan fingerprint density at radius 1 is 0.889 bits per heavy atom. The van der Waals surface area contributed by atoms with Crippen LogP contribution in [-0.4, -0.2) is 94.4 Å². The van der Waals surface area contributed by atoms with Crippen LogP contribution in [0.5, 0.6) is 0 Å². The number of rotatable bonds is 7. The van der Waals surface area contributed by atoms with Crippen molar-refractivity contribution in [3.63, 3.8) is 0 Å². The van der Waals surface area contributed by atoms with Gasteiger partial charge in [-0.05, 0) is 48.9 Å². The van der Waals surface area contributed by atoms with E-state index >= 15 is 0 Å². The number of fused-ring (bicyclic) bond motifs is 1. The summed E-state index contributed by atoms with van der Waals surface area (Å²) < 4.78 is 12.7. The Hall–Kier alpha value is -5.28. The number of aromatic carboxylic acids is 1. The number of nitrogens with one attached hydrogen (secondary N) is 3. The van der Waals surface area contributed by atoms with Crippen molar-refractivity contribution in [2.24, 2.45) is 0 Å². The summed E-state index contributed by atoms with van der Waals surface area (Å²) >= 11 is 0. The second kappa shape index (κ2) is 12.0. The smallest absolute Gasteiger partial charge is 0.335 e. The van der Waals surface area contributed by atoms with Crippen molar-refractivity contribution < 1.29 is 24.2 Å². The van der Waals surface area contributed by atoms with Gasteiger partial charge in [-0.3, -0.25) is 5.32 Å². The van der Waals surface area contributed by atoms with Gasteiger partial charge in [0, 0.05) is 37.4 Å². The quantitative estimate of drug-likeness (QED) is 0.241. The van der Waals surface area contributed by atoms with Crippen LogP contribution < -0.4 is 25.8 Å². The molecular weight excluding hydrogens is 580 g/mol. The molecule has 1 unspecified atom stereocenters. The Balaban J connectivity index is 1.16. The lowest BCUT2D eigenvalue weighted by Gasteiger charge is -2.30. The third-order valence-corrected chi connectivity index (χ3v) is 7.96. The summed E-state index contributed by atoms with van der Waals surface area (Å²) in [5.74, 6) is 1.17. The highest BCUT2D eigenvalue weighted by molar-refractivity contribution is 5.93. The normalized spacial score (nSPS) is 18.2. The lowest BCUT2D eigenvalue weighted by atomic mass is 9.96. The van der Waals surface area contributed by atoms with Crippen LogP contribution in [-0.2, 0) is 9.47 Å². The number of hydrogen-bond acceptors (Lipinski definition) is 11. The number of urea groups is 1. The number of hydrogen-bond donors (Lipinski definition) is 4. The number of carboxylic acids is 1. The van der Waals surface area contributed by atoms with Gasteiger partial charge in [-0.25, -0.2) is 14.3 Å². The molecule has 3 aliphatic heterocycles. The highest BCUT2D eigenvalue weighted by Crippen LogP contribution is 2.36. The summed E-state index contributed by atoms with van der Waals surface area (Å²) in [4.78, 5) is 42.4. The number of carbonyl (C=O) groups is 2. The van der Waals surface area contributed by atoms with Gasteiger partial charge in [0.25, 0.3) is 0 Å². The standard InChI is InChI=1S/C30H32N10O5/c1-18-23-24(19-2-4-20(5-3-19)26(41)42)32-30(43)33-25(23)40(37-18)22-8-6-21(7-9-22)31-27-34-28(38-10-14-44-15-11-38)36-29(35-27)39-12-16-45-17-13-39/h2-9,24H,10-17H2,1H3,(H,41,42)(H2,32,33,43)(H,31,34,35,36). The number of carboxylic acid groups (broad SMARTS) is 1. The maximum atomic E-state index is 12.7. The number of nitrogens with zero attached hydrogens (tertiary/aromatic N) is 7. The molecule has 0 bridgehead atoms. The number of aryl methyl sites for hydroxylation is 1. The van der Waals surface area contributed by atoms with Gasteiger partial charge in [-0.15, -0.1) is 0 Å². The van der Waals surface area contributed by atoms with Crippen LogP contribution in [0, 0.1) is 6.92 Å². The molecule has 1 atom stereocenters. The molecule has 4 aromatic rings. The largest absolute Gasteiger partial charge is 0.478 e. The molecule has 3 aliphatic rings. The van der Waals surface area contributed by atoms with Gasteiger partial charge in [-0.2, -0.15) is 20.1 Å². The van der Waals surface area contributed by atoms with Gasteiger partial charge >= 0.3 is 12.0 Å². The van der Waals surface area contributed by atoms with Crippen molar-refractivity contribution in [1.82, 2.24) is 30.0 Å². The van der Waals surface area contributed by atoms with Crippen molar-refractivity contribution in [1.29, 1.82) is 0 Å². The molecule has 0 spiro atoms. The fourth-order valence-corrected chi connectivity index (χ4v) is 5.64. The van der Waals surface area contributed by atoms with E-state index in [-0.39, 0.29) is 11.6 Å². The van der Waals surface area contributed by atoms with Crippen LogP contribution in [0.2, 0.25) is 0 Å². The number of morpholine rings is 2. The fraction of sp³-hybridized carbons (Fsp3) is 0.333. The van der Waals surface area contributed by atoms with Crippen molar-refractivity contribution in [3.05, 3.63) is 70.9 Å². The first-order valence-corrected chi connectivity index (χ1v) is 14.7. The summed E-state index contributed by atoms with van der Waals surface area (Å²) in [6.45, 7) is 7.16.